The van der Waals surface area contributed by atoms with Crippen LogP contribution in [-0.2, 0) is 0 Å². The number of nitrogens with zero attached hydrogens (tertiary/aromatic N) is 1. The van der Waals surface area contributed by atoms with Crippen molar-refractivity contribution >= 4 is 23.0 Å². The zero-order valence-electron chi connectivity index (χ0n) is 12.8. The van der Waals surface area contributed by atoms with Crippen LogP contribution in [0.25, 0.3) is 0 Å². The van der Waals surface area contributed by atoms with Crippen molar-refractivity contribution in [2.75, 3.05) is 25.5 Å². The maximum Gasteiger partial charge on any atom is 0.173 e. The largest absolute Gasteiger partial charge is 0.495 e. The van der Waals surface area contributed by atoms with Gasteiger partial charge in [0.15, 0.2) is 5.11 Å². The Bertz CT molecular complexity index is 401. The molecule has 1 aromatic rings. The molecule has 0 aliphatic rings. The molecule has 0 aromatic heterocycles. The fraction of sp³-hybridized carbons (Fsp3) is 0.562. The Morgan fingerprint density at radius 2 is 1.75 bits per heavy atom. The van der Waals surface area contributed by atoms with E-state index in [0.29, 0.717) is 0 Å². The lowest BCUT2D eigenvalue weighted by molar-refractivity contribution is 0.402. The Morgan fingerprint density at radius 3 is 2.30 bits per heavy atom. The van der Waals surface area contributed by atoms with E-state index in [1.165, 1.54) is 12.8 Å². The van der Waals surface area contributed by atoms with Crippen LogP contribution >= 0.6 is 12.2 Å². The fourth-order valence-corrected chi connectivity index (χ4v) is 2.25. The molecule has 0 aliphatic heterocycles. The van der Waals surface area contributed by atoms with Crippen LogP contribution in [-0.4, -0.2) is 30.2 Å². The van der Waals surface area contributed by atoms with E-state index in [2.05, 4.69) is 24.1 Å². The van der Waals surface area contributed by atoms with Crippen molar-refractivity contribution in [3.05, 3.63) is 24.3 Å². The number of thiocarbonyl (C=S) groups is 1. The summed E-state index contributed by atoms with van der Waals surface area (Å²) in [5.41, 5.74) is 0.929. The summed E-state index contributed by atoms with van der Waals surface area (Å²) in [5, 5.41) is 4.10. The Balaban J connectivity index is 2.68. The summed E-state index contributed by atoms with van der Waals surface area (Å²) in [4.78, 5) is 2.26. The molecule has 0 atom stereocenters. The van der Waals surface area contributed by atoms with E-state index in [-0.39, 0.29) is 0 Å². The lowest BCUT2D eigenvalue weighted by atomic mass is 10.2. The van der Waals surface area contributed by atoms with Gasteiger partial charge in [0.25, 0.3) is 0 Å². The second-order valence-electron chi connectivity index (χ2n) is 4.82. The van der Waals surface area contributed by atoms with Crippen molar-refractivity contribution in [1.82, 2.24) is 4.90 Å². The Hall–Kier alpha value is -1.29. The van der Waals surface area contributed by atoms with E-state index in [0.717, 1.165) is 42.5 Å². The molecule has 0 aliphatic carbocycles. The molecule has 112 valence electrons. The van der Waals surface area contributed by atoms with Crippen molar-refractivity contribution < 1.29 is 4.74 Å². The van der Waals surface area contributed by atoms with Crippen molar-refractivity contribution in [2.24, 2.45) is 0 Å². The summed E-state index contributed by atoms with van der Waals surface area (Å²) < 4.78 is 5.35. The maximum absolute atomic E-state index is 5.55. The summed E-state index contributed by atoms with van der Waals surface area (Å²) in [5.74, 6) is 0.820. The minimum Gasteiger partial charge on any atom is -0.495 e. The van der Waals surface area contributed by atoms with Gasteiger partial charge >= 0.3 is 0 Å². The smallest absolute Gasteiger partial charge is 0.173 e. The molecule has 0 unspecified atom stereocenters. The molecule has 0 spiro atoms. The molecule has 0 saturated heterocycles. The molecular weight excluding hydrogens is 268 g/mol. The number of hydrogen-bond acceptors (Lipinski definition) is 2. The number of hydrogen-bond donors (Lipinski definition) is 1. The molecule has 3 nitrogen and oxygen atoms in total. The number of nitrogens with one attached hydrogen (secondary N) is 1. The zero-order valence-corrected chi connectivity index (χ0v) is 13.6. The number of benzene rings is 1. The van der Waals surface area contributed by atoms with Gasteiger partial charge in [0.2, 0.25) is 0 Å². The molecule has 1 rings (SSSR count). The van der Waals surface area contributed by atoms with Gasteiger partial charge in [-0.15, -0.1) is 0 Å². The fourth-order valence-electron chi connectivity index (χ4n) is 1.96. The summed E-state index contributed by atoms with van der Waals surface area (Å²) >= 11 is 5.55. The van der Waals surface area contributed by atoms with Gasteiger partial charge in [-0.3, -0.25) is 0 Å². The van der Waals surface area contributed by atoms with E-state index in [1.807, 2.05) is 24.3 Å². The highest BCUT2D eigenvalue weighted by atomic mass is 32.1. The lowest BCUT2D eigenvalue weighted by Gasteiger charge is -2.26. The number of anilines is 1. The van der Waals surface area contributed by atoms with Gasteiger partial charge in [-0.25, -0.2) is 0 Å². The third kappa shape index (κ3) is 5.37. The topological polar surface area (TPSA) is 24.5 Å². The molecular formula is C16H26N2OS. The highest BCUT2D eigenvalue weighted by molar-refractivity contribution is 7.80. The quantitative estimate of drug-likeness (QED) is 0.723. The minimum absolute atomic E-state index is 0.788. The molecule has 20 heavy (non-hydrogen) atoms. The van der Waals surface area contributed by atoms with Crippen molar-refractivity contribution in [3.63, 3.8) is 0 Å². The van der Waals surface area contributed by atoms with Gasteiger partial charge in [0, 0.05) is 13.1 Å². The van der Waals surface area contributed by atoms with Gasteiger partial charge in [-0.1, -0.05) is 38.8 Å². The molecule has 4 heteroatoms. The van der Waals surface area contributed by atoms with Crippen LogP contribution in [0, 0.1) is 0 Å². The third-order valence-corrected chi connectivity index (χ3v) is 3.56. The standard InChI is InChI=1S/C16H26N2OS/c1-4-6-12-18(13-7-5-2)16(20)17-14-10-8-9-11-15(14)19-3/h8-11H,4-7,12-13H2,1-3H3,(H,17,20). The van der Waals surface area contributed by atoms with Crippen LogP contribution in [0.4, 0.5) is 5.69 Å². The van der Waals surface area contributed by atoms with Crippen LogP contribution in [0.15, 0.2) is 24.3 Å². The van der Waals surface area contributed by atoms with Gasteiger partial charge in [0.1, 0.15) is 5.75 Å². The van der Waals surface area contributed by atoms with E-state index >= 15 is 0 Å². The van der Waals surface area contributed by atoms with E-state index in [1.54, 1.807) is 7.11 Å². The normalized spacial score (nSPS) is 10.2. The first kappa shape index (κ1) is 16.8. The highest BCUT2D eigenvalue weighted by Crippen LogP contribution is 2.23. The SMILES string of the molecule is CCCCN(CCCC)C(=S)Nc1ccccc1OC. The summed E-state index contributed by atoms with van der Waals surface area (Å²) in [6.07, 6.45) is 4.69. The van der Waals surface area contributed by atoms with E-state index in [4.69, 9.17) is 17.0 Å². The first-order valence-corrected chi connectivity index (χ1v) is 7.82. The van der Waals surface area contributed by atoms with Crippen LogP contribution in [0.5, 0.6) is 5.75 Å². The van der Waals surface area contributed by atoms with E-state index < -0.39 is 0 Å². The average Bonchev–Trinajstić information content (AvgIpc) is 2.47. The second kappa shape index (κ2) is 9.59. The highest BCUT2D eigenvalue weighted by Gasteiger charge is 2.10. The van der Waals surface area contributed by atoms with Crippen molar-refractivity contribution in [1.29, 1.82) is 0 Å². The summed E-state index contributed by atoms with van der Waals surface area (Å²) in [7, 11) is 1.68. The summed E-state index contributed by atoms with van der Waals surface area (Å²) in [6.45, 7) is 6.43. The van der Waals surface area contributed by atoms with Gasteiger partial charge < -0.3 is 15.0 Å². The van der Waals surface area contributed by atoms with Crippen LogP contribution in [0.3, 0.4) is 0 Å². The third-order valence-electron chi connectivity index (χ3n) is 3.20. The number of para-hydroxylation sites is 2. The van der Waals surface area contributed by atoms with Crippen LogP contribution < -0.4 is 10.1 Å². The predicted octanol–water partition coefficient (Wildman–Crippen LogP) is 4.29. The Kier molecular flexibility index (Phi) is 8.04. The number of ether oxygens (including phenoxy) is 1. The summed E-state index contributed by atoms with van der Waals surface area (Å²) in [6, 6.07) is 7.87. The van der Waals surface area contributed by atoms with Gasteiger partial charge in [-0.2, -0.15) is 0 Å². The first-order chi connectivity index (χ1) is 9.72. The van der Waals surface area contributed by atoms with E-state index in [9.17, 15) is 0 Å². The molecule has 0 amide bonds. The number of rotatable bonds is 8. The molecule has 0 fully saturated rings. The zero-order chi connectivity index (χ0) is 14.8. The van der Waals surface area contributed by atoms with Gasteiger partial charge in [-0.05, 0) is 37.2 Å². The molecule has 1 N–H and O–H groups in total. The Labute approximate surface area is 128 Å². The first-order valence-electron chi connectivity index (χ1n) is 7.41. The second-order valence-corrected chi connectivity index (χ2v) is 5.21. The molecule has 1 aromatic carbocycles. The lowest BCUT2D eigenvalue weighted by Crippen LogP contribution is -2.36. The monoisotopic (exact) mass is 294 g/mol. The number of methoxy groups -OCH3 is 1. The predicted molar refractivity (Wildman–Crippen MR) is 90.6 cm³/mol. The maximum atomic E-state index is 5.55. The Morgan fingerprint density at radius 1 is 1.15 bits per heavy atom. The molecule has 0 bridgehead atoms. The van der Waals surface area contributed by atoms with Crippen LogP contribution in [0.1, 0.15) is 39.5 Å². The molecule has 0 heterocycles. The average molecular weight is 294 g/mol. The minimum atomic E-state index is 0.788. The van der Waals surface area contributed by atoms with Gasteiger partial charge in [0.05, 0.1) is 12.8 Å². The van der Waals surface area contributed by atoms with Crippen LogP contribution in [0.2, 0.25) is 0 Å². The number of unbranched alkanes of at least 4 members (excludes halogenated alkanes) is 2. The molecule has 0 radical (unpaired) electrons. The molecule has 0 saturated carbocycles. The van der Waals surface area contributed by atoms with Crippen molar-refractivity contribution in [3.8, 4) is 5.75 Å². The van der Waals surface area contributed by atoms with Crippen molar-refractivity contribution in [2.45, 2.75) is 39.5 Å².